The van der Waals surface area contributed by atoms with E-state index in [1.165, 1.54) is 0 Å². The summed E-state index contributed by atoms with van der Waals surface area (Å²) in [4.78, 5) is 44.5. The monoisotopic (exact) mass is 363 g/mol. The second kappa shape index (κ2) is 6.62. The molecule has 1 fully saturated rings. The van der Waals surface area contributed by atoms with E-state index < -0.39 is 5.60 Å². The molecule has 2 aliphatic heterocycles. The molecule has 26 heavy (non-hydrogen) atoms. The van der Waals surface area contributed by atoms with Gasteiger partial charge in [-0.1, -0.05) is 0 Å². The van der Waals surface area contributed by atoms with Crippen molar-refractivity contribution >= 4 is 17.9 Å². The molecule has 9 nitrogen and oxygen atoms in total. The lowest BCUT2D eigenvalue weighted by Gasteiger charge is -2.35. The summed E-state index contributed by atoms with van der Waals surface area (Å²) in [5.41, 5.74) is -0.0769. The van der Waals surface area contributed by atoms with E-state index >= 15 is 0 Å². The normalized spacial score (nSPS) is 20.5. The van der Waals surface area contributed by atoms with Crippen molar-refractivity contribution in [3.63, 3.8) is 0 Å². The number of imidazole rings is 1. The summed E-state index contributed by atoms with van der Waals surface area (Å²) in [6.07, 6.45) is 1.17. The third-order valence-electron chi connectivity index (χ3n) is 4.46. The second-order valence-electron chi connectivity index (χ2n) is 7.67. The number of rotatable bonds is 1. The van der Waals surface area contributed by atoms with Crippen molar-refractivity contribution in [3.8, 4) is 0 Å². The summed E-state index contributed by atoms with van der Waals surface area (Å²) >= 11 is 0. The SMILES string of the molecule is C[C@H]1CNC(=O)c2c(C(=O)N3CCN(C(=O)OC(C)(C)C)CC3)ncn21. The van der Waals surface area contributed by atoms with Crippen LogP contribution in [0.2, 0.25) is 0 Å². The zero-order valence-electron chi connectivity index (χ0n) is 15.6. The highest BCUT2D eigenvalue weighted by Crippen LogP contribution is 2.20. The molecule has 1 aromatic rings. The topological polar surface area (TPSA) is 96.8 Å². The lowest BCUT2D eigenvalue weighted by atomic mass is 10.2. The van der Waals surface area contributed by atoms with Gasteiger partial charge in [-0.05, 0) is 27.7 Å². The first-order valence-electron chi connectivity index (χ1n) is 8.79. The van der Waals surface area contributed by atoms with Crippen LogP contribution in [0.5, 0.6) is 0 Å². The van der Waals surface area contributed by atoms with Crippen LogP contribution in [0.1, 0.15) is 54.7 Å². The summed E-state index contributed by atoms with van der Waals surface area (Å²) in [7, 11) is 0. The predicted octanol–water partition coefficient (Wildman–Crippen LogP) is 0.880. The number of fused-ring (bicyclic) bond motifs is 1. The van der Waals surface area contributed by atoms with Crippen LogP contribution in [0, 0.1) is 0 Å². The smallest absolute Gasteiger partial charge is 0.410 e. The van der Waals surface area contributed by atoms with Crippen molar-refractivity contribution < 1.29 is 19.1 Å². The highest BCUT2D eigenvalue weighted by atomic mass is 16.6. The van der Waals surface area contributed by atoms with Crippen molar-refractivity contribution in [2.45, 2.75) is 39.3 Å². The van der Waals surface area contributed by atoms with Crippen molar-refractivity contribution in [1.82, 2.24) is 24.7 Å². The van der Waals surface area contributed by atoms with Gasteiger partial charge in [0.15, 0.2) is 5.69 Å². The van der Waals surface area contributed by atoms with Gasteiger partial charge in [0.05, 0.1) is 6.33 Å². The number of aromatic nitrogens is 2. The van der Waals surface area contributed by atoms with Gasteiger partial charge in [0.25, 0.3) is 11.8 Å². The minimum absolute atomic E-state index is 0.0563. The van der Waals surface area contributed by atoms with Crippen LogP contribution in [0.3, 0.4) is 0 Å². The highest BCUT2D eigenvalue weighted by Gasteiger charge is 2.34. The van der Waals surface area contributed by atoms with E-state index in [9.17, 15) is 14.4 Å². The molecule has 0 aromatic carbocycles. The van der Waals surface area contributed by atoms with Crippen molar-refractivity contribution in [3.05, 3.63) is 17.7 Å². The van der Waals surface area contributed by atoms with Crippen LogP contribution in [-0.2, 0) is 4.74 Å². The van der Waals surface area contributed by atoms with E-state index in [0.29, 0.717) is 38.4 Å². The van der Waals surface area contributed by atoms with E-state index in [1.807, 2.05) is 27.7 Å². The van der Waals surface area contributed by atoms with Crippen molar-refractivity contribution in [1.29, 1.82) is 0 Å². The predicted molar refractivity (Wildman–Crippen MR) is 93.0 cm³/mol. The minimum Gasteiger partial charge on any atom is -0.444 e. The molecule has 142 valence electrons. The van der Waals surface area contributed by atoms with Crippen LogP contribution in [0.25, 0.3) is 0 Å². The molecule has 9 heteroatoms. The number of ether oxygens (including phenoxy) is 1. The maximum atomic E-state index is 12.8. The van der Waals surface area contributed by atoms with Gasteiger partial charge in [-0.3, -0.25) is 9.59 Å². The fourth-order valence-corrected chi connectivity index (χ4v) is 3.07. The largest absolute Gasteiger partial charge is 0.444 e. The Labute approximate surface area is 152 Å². The van der Waals surface area contributed by atoms with Crippen LogP contribution in [0.4, 0.5) is 4.79 Å². The minimum atomic E-state index is -0.552. The molecule has 0 radical (unpaired) electrons. The molecule has 1 saturated heterocycles. The number of piperazine rings is 1. The van der Waals surface area contributed by atoms with Gasteiger partial charge in [-0.15, -0.1) is 0 Å². The molecule has 1 atom stereocenters. The Bertz CT molecular complexity index is 728. The molecular weight excluding hydrogens is 338 g/mol. The Balaban J connectivity index is 1.67. The van der Waals surface area contributed by atoms with Gasteiger partial charge in [0, 0.05) is 38.8 Å². The number of amides is 3. The summed E-state index contributed by atoms with van der Waals surface area (Å²) in [5.74, 6) is -0.567. The van der Waals surface area contributed by atoms with E-state index in [-0.39, 0.29) is 29.6 Å². The maximum absolute atomic E-state index is 12.8. The van der Waals surface area contributed by atoms with Crippen LogP contribution < -0.4 is 5.32 Å². The molecule has 0 bridgehead atoms. The van der Waals surface area contributed by atoms with Crippen LogP contribution >= 0.6 is 0 Å². The Morgan fingerprint density at radius 3 is 2.42 bits per heavy atom. The molecule has 3 heterocycles. The quantitative estimate of drug-likeness (QED) is 0.799. The van der Waals surface area contributed by atoms with E-state index in [4.69, 9.17) is 4.74 Å². The first kappa shape index (κ1) is 18.2. The average molecular weight is 363 g/mol. The van der Waals surface area contributed by atoms with Gasteiger partial charge >= 0.3 is 6.09 Å². The summed E-state index contributed by atoms with van der Waals surface area (Å²) in [5, 5.41) is 2.78. The fraction of sp³-hybridized carbons (Fsp3) is 0.647. The van der Waals surface area contributed by atoms with E-state index in [1.54, 1.807) is 20.7 Å². The molecule has 0 spiro atoms. The van der Waals surface area contributed by atoms with Gasteiger partial charge in [0.1, 0.15) is 11.3 Å². The molecule has 3 rings (SSSR count). The zero-order valence-corrected chi connectivity index (χ0v) is 15.6. The molecule has 0 unspecified atom stereocenters. The van der Waals surface area contributed by atoms with Crippen LogP contribution in [-0.4, -0.2) is 75.6 Å². The third kappa shape index (κ3) is 3.51. The first-order valence-corrected chi connectivity index (χ1v) is 8.79. The molecule has 1 N–H and O–H groups in total. The Morgan fingerprint density at radius 2 is 1.81 bits per heavy atom. The highest BCUT2D eigenvalue weighted by molar-refractivity contribution is 6.05. The molecular formula is C17H25N5O4. The van der Waals surface area contributed by atoms with Gasteiger partial charge in [-0.2, -0.15) is 0 Å². The van der Waals surface area contributed by atoms with E-state index in [2.05, 4.69) is 10.3 Å². The number of nitrogens with zero attached hydrogens (tertiary/aromatic N) is 4. The number of hydrogen-bond donors (Lipinski definition) is 1. The Kier molecular flexibility index (Phi) is 4.64. The first-order chi connectivity index (χ1) is 12.2. The van der Waals surface area contributed by atoms with Gasteiger partial charge in [0.2, 0.25) is 0 Å². The molecule has 3 amide bonds. The standard InChI is InChI=1S/C17H25N5O4/c1-11-9-18-14(23)13-12(19-10-22(11)13)15(24)20-5-7-21(8-6-20)16(25)26-17(2,3)4/h10-11H,5-9H2,1-4H3,(H,18,23)/t11-/m0/s1. The second-order valence-corrected chi connectivity index (χ2v) is 7.67. The lowest BCUT2D eigenvalue weighted by Crippen LogP contribution is -2.52. The average Bonchev–Trinajstić information content (AvgIpc) is 3.02. The van der Waals surface area contributed by atoms with Gasteiger partial charge < -0.3 is 24.4 Å². The lowest BCUT2D eigenvalue weighted by molar-refractivity contribution is 0.0140. The number of carbonyl (C=O) groups is 3. The number of hydrogen-bond acceptors (Lipinski definition) is 5. The zero-order chi connectivity index (χ0) is 19.1. The Morgan fingerprint density at radius 1 is 1.19 bits per heavy atom. The van der Waals surface area contributed by atoms with Gasteiger partial charge in [-0.25, -0.2) is 9.78 Å². The van der Waals surface area contributed by atoms with Crippen molar-refractivity contribution in [2.75, 3.05) is 32.7 Å². The third-order valence-corrected chi connectivity index (χ3v) is 4.46. The maximum Gasteiger partial charge on any atom is 0.410 e. The number of carbonyl (C=O) groups excluding carboxylic acids is 3. The molecule has 1 aromatic heterocycles. The summed E-state index contributed by atoms with van der Waals surface area (Å²) < 4.78 is 7.10. The fourth-order valence-electron chi connectivity index (χ4n) is 3.07. The summed E-state index contributed by atoms with van der Waals surface area (Å²) in [6, 6.07) is 0.0563. The molecule has 0 saturated carbocycles. The molecule has 0 aliphatic carbocycles. The van der Waals surface area contributed by atoms with Crippen molar-refractivity contribution in [2.24, 2.45) is 0 Å². The Hall–Kier alpha value is -2.58. The summed E-state index contributed by atoms with van der Waals surface area (Å²) in [6.45, 7) is 9.46. The van der Waals surface area contributed by atoms with E-state index in [0.717, 1.165) is 0 Å². The number of nitrogens with one attached hydrogen (secondary N) is 1. The van der Waals surface area contributed by atoms with Crippen LogP contribution in [0.15, 0.2) is 6.33 Å². The molecule has 2 aliphatic rings.